The Morgan fingerprint density at radius 3 is 2.12 bits per heavy atom. The van der Waals surface area contributed by atoms with Gasteiger partial charge in [-0.25, -0.2) is 0 Å². The zero-order valence-electron chi connectivity index (χ0n) is 10.9. The summed E-state index contributed by atoms with van der Waals surface area (Å²) in [6.07, 6.45) is -0.561. The maximum atomic E-state index is 11.6. The molecule has 17 heavy (non-hydrogen) atoms. The molecule has 0 heterocycles. The fourth-order valence-electron chi connectivity index (χ4n) is 1.26. The van der Waals surface area contributed by atoms with Gasteiger partial charge >= 0.3 is 5.97 Å². The van der Waals surface area contributed by atoms with Crippen molar-refractivity contribution in [2.45, 2.75) is 46.5 Å². The lowest BCUT2D eigenvalue weighted by molar-refractivity contribution is -0.163. The molecule has 0 aromatic heterocycles. The van der Waals surface area contributed by atoms with Crippen LogP contribution in [0.1, 0.15) is 34.1 Å². The molecule has 5 heteroatoms. The van der Waals surface area contributed by atoms with Crippen LogP contribution in [-0.4, -0.2) is 31.6 Å². The first-order valence-electron chi connectivity index (χ1n) is 5.88. The van der Waals surface area contributed by atoms with E-state index in [1.54, 1.807) is 13.8 Å². The summed E-state index contributed by atoms with van der Waals surface area (Å²) < 4.78 is 15.6. The van der Waals surface area contributed by atoms with Gasteiger partial charge in [0.15, 0.2) is 6.29 Å². The van der Waals surface area contributed by atoms with Gasteiger partial charge in [0.2, 0.25) is 0 Å². The number of carbonyl (C=O) groups excluding carboxylic acids is 1. The molecule has 0 aliphatic heterocycles. The van der Waals surface area contributed by atoms with Crippen molar-refractivity contribution >= 4 is 5.97 Å². The monoisotopic (exact) mass is 243 g/mol. The Labute approximate surface area is 103 Å². The van der Waals surface area contributed by atoms with E-state index in [2.05, 4.69) is 0 Å². The summed E-state index contributed by atoms with van der Waals surface area (Å²) in [5.41, 5.74) is 0. The van der Waals surface area contributed by atoms with Crippen molar-refractivity contribution in [2.75, 3.05) is 13.2 Å². The molecule has 0 amide bonds. The van der Waals surface area contributed by atoms with Gasteiger partial charge in [-0.2, -0.15) is 5.26 Å². The Hall–Kier alpha value is -1.12. The van der Waals surface area contributed by atoms with E-state index in [0.717, 1.165) is 0 Å². The summed E-state index contributed by atoms with van der Waals surface area (Å²) in [6, 6.07) is 1.92. The van der Waals surface area contributed by atoms with Crippen LogP contribution in [0.25, 0.3) is 0 Å². The molecule has 0 radical (unpaired) electrons. The molecular weight excluding hydrogens is 222 g/mol. The minimum atomic E-state index is -0.847. The molecule has 0 aromatic carbocycles. The fraction of sp³-hybridized carbons (Fsp3) is 0.833. The average Bonchev–Trinajstić information content (AvgIpc) is 2.25. The normalized spacial score (nSPS) is 12.5. The summed E-state index contributed by atoms with van der Waals surface area (Å²) >= 11 is 0. The fourth-order valence-corrected chi connectivity index (χ4v) is 1.26. The molecule has 0 N–H and O–H groups in total. The molecular formula is C12H21NO4. The smallest absolute Gasteiger partial charge is 0.323 e. The van der Waals surface area contributed by atoms with Crippen molar-refractivity contribution in [2.24, 2.45) is 5.92 Å². The predicted octanol–water partition coefficient (Wildman–Crippen LogP) is 1.87. The van der Waals surface area contributed by atoms with E-state index in [9.17, 15) is 4.79 Å². The zero-order valence-corrected chi connectivity index (χ0v) is 10.9. The third-order valence-corrected chi connectivity index (χ3v) is 1.93. The Balaban J connectivity index is 4.35. The van der Waals surface area contributed by atoms with Gasteiger partial charge in [0.1, 0.15) is 5.92 Å². The van der Waals surface area contributed by atoms with E-state index in [1.165, 1.54) is 0 Å². The first-order chi connectivity index (χ1) is 8.04. The molecule has 0 rings (SSSR count). The van der Waals surface area contributed by atoms with Gasteiger partial charge < -0.3 is 14.2 Å². The number of esters is 1. The lowest BCUT2D eigenvalue weighted by Gasteiger charge is -2.19. The van der Waals surface area contributed by atoms with E-state index in [1.807, 2.05) is 19.9 Å². The number of nitriles is 1. The van der Waals surface area contributed by atoms with E-state index in [0.29, 0.717) is 13.2 Å². The molecule has 0 aliphatic rings. The van der Waals surface area contributed by atoms with Crippen molar-refractivity contribution in [1.82, 2.24) is 0 Å². The van der Waals surface area contributed by atoms with E-state index in [4.69, 9.17) is 19.5 Å². The van der Waals surface area contributed by atoms with Crippen LogP contribution in [0, 0.1) is 17.2 Å². The highest BCUT2D eigenvalue weighted by molar-refractivity contribution is 5.75. The largest absolute Gasteiger partial charge is 0.462 e. The minimum Gasteiger partial charge on any atom is -0.462 e. The van der Waals surface area contributed by atoms with Gasteiger partial charge in [0, 0.05) is 19.6 Å². The number of rotatable bonds is 8. The number of nitrogens with zero attached hydrogens (tertiary/aromatic N) is 1. The van der Waals surface area contributed by atoms with Gasteiger partial charge in [-0.05, 0) is 27.7 Å². The maximum Gasteiger partial charge on any atom is 0.323 e. The summed E-state index contributed by atoms with van der Waals surface area (Å²) in [6.45, 7) is 8.10. The average molecular weight is 243 g/mol. The molecule has 0 saturated heterocycles. The highest BCUT2D eigenvalue weighted by atomic mass is 16.7. The van der Waals surface area contributed by atoms with Crippen LogP contribution in [0.3, 0.4) is 0 Å². The second-order valence-corrected chi connectivity index (χ2v) is 3.74. The molecule has 0 aliphatic carbocycles. The molecule has 0 aromatic rings. The topological polar surface area (TPSA) is 68.5 Å². The van der Waals surface area contributed by atoms with Gasteiger partial charge in [-0.1, -0.05) is 0 Å². The number of hydrogen-bond acceptors (Lipinski definition) is 5. The van der Waals surface area contributed by atoms with Crippen LogP contribution < -0.4 is 0 Å². The molecule has 1 unspecified atom stereocenters. The lowest BCUT2D eigenvalue weighted by Crippen LogP contribution is -2.27. The maximum absolute atomic E-state index is 11.6. The van der Waals surface area contributed by atoms with Crippen LogP contribution in [-0.2, 0) is 19.0 Å². The van der Waals surface area contributed by atoms with Crippen LogP contribution in [0.2, 0.25) is 0 Å². The zero-order chi connectivity index (χ0) is 13.3. The van der Waals surface area contributed by atoms with E-state index < -0.39 is 18.2 Å². The number of hydrogen-bond donors (Lipinski definition) is 0. The molecule has 98 valence electrons. The first kappa shape index (κ1) is 15.9. The Morgan fingerprint density at radius 2 is 1.76 bits per heavy atom. The second kappa shape index (κ2) is 8.97. The summed E-state index contributed by atoms with van der Waals surface area (Å²) in [4.78, 5) is 11.6. The molecule has 0 spiro atoms. The molecule has 5 nitrogen and oxygen atoms in total. The molecule has 1 atom stereocenters. The highest BCUT2D eigenvalue weighted by Crippen LogP contribution is 2.13. The third-order valence-electron chi connectivity index (χ3n) is 1.93. The number of ether oxygens (including phenoxy) is 3. The van der Waals surface area contributed by atoms with Crippen LogP contribution in [0.4, 0.5) is 0 Å². The SMILES string of the molecule is CCOC(CC(C#N)C(=O)OC(C)C)OCC. The molecule has 0 bridgehead atoms. The molecule has 0 saturated carbocycles. The Bertz CT molecular complexity index is 254. The molecule has 0 fully saturated rings. The van der Waals surface area contributed by atoms with Crippen LogP contribution in [0.15, 0.2) is 0 Å². The van der Waals surface area contributed by atoms with Crippen molar-refractivity contribution < 1.29 is 19.0 Å². The Morgan fingerprint density at radius 1 is 1.24 bits per heavy atom. The van der Waals surface area contributed by atoms with Crippen molar-refractivity contribution in [3.63, 3.8) is 0 Å². The van der Waals surface area contributed by atoms with Crippen molar-refractivity contribution in [3.05, 3.63) is 0 Å². The minimum absolute atomic E-state index is 0.198. The summed E-state index contributed by atoms with van der Waals surface area (Å²) in [5.74, 6) is -1.37. The van der Waals surface area contributed by atoms with Gasteiger partial charge in [-0.3, -0.25) is 4.79 Å². The third kappa shape index (κ3) is 6.93. The first-order valence-corrected chi connectivity index (χ1v) is 5.88. The van der Waals surface area contributed by atoms with Gasteiger partial charge in [-0.15, -0.1) is 0 Å². The highest BCUT2D eigenvalue weighted by Gasteiger charge is 2.25. The van der Waals surface area contributed by atoms with Crippen molar-refractivity contribution in [1.29, 1.82) is 5.26 Å². The number of carbonyl (C=O) groups is 1. The van der Waals surface area contributed by atoms with E-state index >= 15 is 0 Å². The van der Waals surface area contributed by atoms with Gasteiger partial charge in [0.25, 0.3) is 0 Å². The lowest BCUT2D eigenvalue weighted by atomic mass is 10.1. The van der Waals surface area contributed by atoms with Crippen LogP contribution >= 0.6 is 0 Å². The predicted molar refractivity (Wildman–Crippen MR) is 62.0 cm³/mol. The summed E-state index contributed by atoms with van der Waals surface area (Å²) in [7, 11) is 0. The quantitative estimate of drug-likeness (QED) is 0.481. The van der Waals surface area contributed by atoms with Crippen molar-refractivity contribution in [3.8, 4) is 6.07 Å². The van der Waals surface area contributed by atoms with Gasteiger partial charge in [0.05, 0.1) is 12.2 Å². The van der Waals surface area contributed by atoms with Crippen LogP contribution in [0.5, 0.6) is 0 Å². The Kier molecular flexibility index (Phi) is 8.38. The van der Waals surface area contributed by atoms with E-state index in [-0.39, 0.29) is 12.5 Å². The second-order valence-electron chi connectivity index (χ2n) is 3.74. The standard InChI is InChI=1S/C12H21NO4/c1-5-15-11(16-6-2)7-10(8-13)12(14)17-9(3)4/h9-11H,5-7H2,1-4H3. The summed E-state index contributed by atoms with van der Waals surface area (Å²) in [5, 5.41) is 8.93.